The standard InChI is InChI=1S/C11H14FN3/c12-11-2-1-8(4-14-11)7-15-9-3-10(15)6-13-5-9/h1-2,4,9-10,13H,3,5-7H2. The number of hydrogen-bond donors (Lipinski definition) is 1. The second-order valence-electron chi connectivity index (χ2n) is 4.36. The van der Waals surface area contributed by atoms with E-state index in [0.717, 1.165) is 25.2 Å². The maximum Gasteiger partial charge on any atom is 0.212 e. The minimum absolute atomic E-state index is 0.399. The monoisotopic (exact) mass is 207 g/mol. The summed E-state index contributed by atoms with van der Waals surface area (Å²) in [5.41, 5.74) is 1.10. The van der Waals surface area contributed by atoms with Crippen LogP contribution < -0.4 is 5.32 Å². The molecule has 0 saturated carbocycles. The zero-order chi connectivity index (χ0) is 10.3. The van der Waals surface area contributed by atoms with E-state index in [4.69, 9.17) is 0 Å². The third-order valence-corrected chi connectivity index (χ3v) is 3.40. The molecule has 2 aliphatic rings. The van der Waals surface area contributed by atoms with Crippen molar-refractivity contribution >= 4 is 0 Å². The molecule has 1 N–H and O–H groups in total. The van der Waals surface area contributed by atoms with E-state index in [2.05, 4.69) is 15.2 Å². The van der Waals surface area contributed by atoms with Crippen LogP contribution in [0.5, 0.6) is 0 Å². The van der Waals surface area contributed by atoms with Gasteiger partial charge in [-0.15, -0.1) is 0 Å². The number of fused-ring (bicyclic) bond motifs is 2. The molecule has 4 heteroatoms. The van der Waals surface area contributed by atoms with Crippen molar-refractivity contribution in [3.63, 3.8) is 0 Å². The van der Waals surface area contributed by atoms with Crippen LogP contribution in [-0.2, 0) is 6.54 Å². The highest BCUT2D eigenvalue weighted by Gasteiger charge is 2.40. The van der Waals surface area contributed by atoms with Crippen molar-refractivity contribution in [1.82, 2.24) is 15.2 Å². The minimum Gasteiger partial charge on any atom is -0.314 e. The van der Waals surface area contributed by atoms with E-state index in [1.807, 2.05) is 6.07 Å². The molecular formula is C11H14FN3. The van der Waals surface area contributed by atoms with Gasteiger partial charge in [0.25, 0.3) is 0 Å². The number of nitrogens with one attached hydrogen (secondary N) is 1. The van der Waals surface area contributed by atoms with Gasteiger partial charge in [0.2, 0.25) is 5.95 Å². The van der Waals surface area contributed by atoms with E-state index in [1.165, 1.54) is 12.5 Å². The van der Waals surface area contributed by atoms with Gasteiger partial charge in [0.15, 0.2) is 0 Å². The van der Waals surface area contributed by atoms with Gasteiger partial charge in [0, 0.05) is 37.9 Å². The van der Waals surface area contributed by atoms with Crippen molar-refractivity contribution in [3.05, 3.63) is 29.8 Å². The Morgan fingerprint density at radius 1 is 1.40 bits per heavy atom. The summed E-state index contributed by atoms with van der Waals surface area (Å²) in [6, 6.07) is 4.61. The first-order valence-corrected chi connectivity index (χ1v) is 5.40. The second-order valence-corrected chi connectivity index (χ2v) is 4.36. The molecule has 0 aliphatic carbocycles. The van der Waals surface area contributed by atoms with Crippen molar-refractivity contribution in [2.45, 2.75) is 25.0 Å². The highest BCUT2D eigenvalue weighted by Crippen LogP contribution is 2.29. The third-order valence-electron chi connectivity index (χ3n) is 3.40. The van der Waals surface area contributed by atoms with Crippen LogP contribution in [0.1, 0.15) is 12.0 Å². The van der Waals surface area contributed by atoms with Gasteiger partial charge in [-0.3, -0.25) is 4.90 Å². The molecule has 2 atom stereocenters. The number of pyridine rings is 1. The summed E-state index contributed by atoms with van der Waals surface area (Å²) in [4.78, 5) is 6.15. The summed E-state index contributed by atoms with van der Waals surface area (Å²) in [6.45, 7) is 3.08. The van der Waals surface area contributed by atoms with E-state index in [9.17, 15) is 4.39 Å². The molecular weight excluding hydrogens is 193 g/mol. The first-order valence-electron chi connectivity index (χ1n) is 5.40. The van der Waals surface area contributed by atoms with Crippen molar-refractivity contribution in [3.8, 4) is 0 Å². The lowest BCUT2D eigenvalue weighted by Crippen LogP contribution is -2.67. The Hall–Kier alpha value is -1.00. The Kier molecular flexibility index (Phi) is 2.18. The molecule has 2 unspecified atom stereocenters. The summed E-state index contributed by atoms with van der Waals surface area (Å²) in [6.07, 6.45) is 2.94. The molecule has 0 radical (unpaired) electrons. The summed E-state index contributed by atoms with van der Waals surface area (Å²) < 4.78 is 12.6. The van der Waals surface area contributed by atoms with Crippen molar-refractivity contribution in [2.24, 2.45) is 0 Å². The molecule has 1 aromatic heterocycles. The number of nitrogens with zero attached hydrogens (tertiary/aromatic N) is 2. The normalized spacial score (nSPS) is 29.9. The number of piperazine rings is 1. The van der Waals surface area contributed by atoms with E-state index in [0.29, 0.717) is 12.1 Å². The van der Waals surface area contributed by atoms with E-state index < -0.39 is 5.95 Å². The molecule has 2 bridgehead atoms. The second kappa shape index (κ2) is 3.54. The number of rotatable bonds is 2. The number of hydrogen-bond acceptors (Lipinski definition) is 3. The Morgan fingerprint density at radius 3 is 2.80 bits per heavy atom. The average molecular weight is 207 g/mol. The van der Waals surface area contributed by atoms with Gasteiger partial charge < -0.3 is 5.32 Å². The first-order chi connectivity index (χ1) is 7.33. The lowest BCUT2D eigenvalue weighted by molar-refractivity contribution is -0.0207. The van der Waals surface area contributed by atoms with Gasteiger partial charge >= 0.3 is 0 Å². The summed E-state index contributed by atoms with van der Waals surface area (Å²) in [5.74, 6) is -0.399. The van der Waals surface area contributed by atoms with Crippen LogP contribution in [0.3, 0.4) is 0 Å². The molecule has 0 amide bonds. The number of aromatic nitrogens is 1. The quantitative estimate of drug-likeness (QED) is 0.726. The Balaban J connectivity index is 1.68. The van der Waals surface area contributed by atoms with Crippen LogP contribution in [0.4, 0.5) is 4.39 Å². The average Bonchev–Trinajstić information content (AvgIpc) is 2.29. The fourth-order valence-corrected chi connectivity index (χ4v) is 2.53. The molecule has 3 heterocycles. The lowest BCUT2D eigenvalue weighted by atomic mass is 9.88. The number of piperidine rings is 1. The Morgan fingerprint density at radius 2 is 2.20 bits per heavy atom. The van der Waals surface area contributed by atoms with Crippen LogP contribution in [0.25, 0.3) is 0 Å². The number of halogens is 1. The maximum absolute atomic E-state index is 12.6. The van der Waals surface area contributed by atoms with E-state index >= 15 is 0 Å². The Labute approximate surface area is 88.3 Å². The van der Waals surface area contributed by atoms with Crippen molar-refractivity contribution in [2.75, 3.05) is 13.1 Å². The van der Waals surface area contributed by atoms with Crippen LogP contribution in [0.2, 0.25) is 0 Å². The maximum atomic E-state index is 12.6. The van der Waals surface area contributed by atoms with Crippen LogP contribution in [-0.4, -0.2) is 35.1 Å². The van der Waals surface area contributed by atoms with Gasteiger partial charge in [-0.1, -0.05) is 6.07 Å². The van der Waals surface area contributed by atoms with Gasteiger partial charge in [0.05, 0.1) is 0 Å². The fourth-order valence-electron chi connectivity index (χ4n) is 2.53. The SMILES string of the molecule is Fc1ccc(CN2C3CNCC2C3)cn1. The predicted molar refractivity (Wildman–Crippen MR) is 54.8 cm³/mol. The zero-order valence-electron chi connectivity index (χ0n) is 8.49. The van der Waals surface area contributed by atoms with Gasteiger partial charge in [-0.25, -0.2) is 4.98 Å². The summed E-state index contributed by atoms with van der Waals surface area (Å²) in [5, 5.41) is 3.39. The molecule has 0 spiro atoms. The highest BCUT2D eigenvalue weighted by molar-refractivity contribution is 5.12. The molecule has 2 fully saturated rings. The lowest BCUT2D eigenvalue weighted by Gasteiger charge is -2.53. The molecule has 2 saturated heterocycles. The van der Waals surface area contributed by atoms with Gasteiger partial charge in [-0.2, -0.15) is 4.39 Å². The Bertz CT molecular complexity index is 337. The van der Waals surface area contributed by atoms with E-state index in [-0.39, 0.29) is 0 Å². The van der Waals surface area contributed by atoms with Gasteiger partial charge in [-0.05, 0) is 18.1 Å². The fraction of sp³-hybridized carbons (Fsp3) is 0.545. The minimum atomic E-state index is -0.399. The molecule has 3 nitrogen and oxygen atoms in total. The predicted octanol–water partition coefficient (Wildman–Crippen LogP) is 0.767. The molecule has 80 valence electrons. The summed E-state index contributed by atoms with van der Waals surface area (Å²) >= 11 is 0. The van der Waals surface area contributed by atoms with E-state index in [1.54, 1.807) is 6.20 Å². The van der Waals surface area contributed by atoms with Crippen LogP contribution >= 0.6 is 0 Å². The third kappa shape index (κ3) is 1.64. The molecule has 0 aromatic carbocycles. The smallest absolute Gasteiger partial charge is 0.212 e. The topological polar surface area (TPSA) is 28.2 Å². The van der Waals surface area contributed by atoms with Crippen molar-refractivity contribution in [1.29, 1.82) is 0 Å². The molecule has 2 aliphatic heterocycles. The van der Waals surface area contributed by atoms with Crippen molar-refractivity contribution < 1.29 is 4.39 Å². The molecule has 15 heavy (non-hydrogen) atoms. The largest absolute Gasteiger partial charge is 0.314 e. The highest BCUT2D eigenvalue weighted by atomic mass is 19.1. The molecule has 3 rings (SSSR count). The molecule has 1 aromatic rings. The van der Waals surface area contributed by atoms with Crippen LogP contribution in [0, 0.1) is 5.95 Å². The van der Waals surface area contributed by atoms with Gasteiger partial charge in [0.1, 0.15) is 0 Å². The summed E-state index contributed by atoms with van der Waals surface area (Å²) in [7, 11) is 0. The zero-order valence-corrected chi connectivity index (χ0v) is 8.49. The first kappa shape index (κ1) is 9.24. The van der Waals surface area contributed by atoms with Crippen LogP contribution in [0.15, 0.2) is 18.3 Å².